The molecular formula is C22H30FIN4O2. The molecule has 2 aromatic rings. The predicted molar refractivity (Wildman–Crippen MR) is 129 cm³/mol. The first-order valence-corrected chi connectivity index (χ1v) is 9.63. The largest absolute Gasteiger partial charge is 0.494 e. The van der Waals surface area contributed by atoms with Crippen molar-refractivity contribution >= 4 is 35.8 Å². The van der Waals surface area contributed by atoms with Gasteiger partial charge in [0.15, 0.2) is 5.96 Å². The van der Waals surface area contributed by atoms with Crippen molar-refractivity contribution in [3.63, 3.8) is 0 Å². The molecule has 1 amide bonds. The lowest BCUT2D eigenvalue weighted by molar-refractivity contribution is 0.0827. The molecule has 6 nitrogen and oxygen atoms in total. The molecule has 0 spiro atoms. The van der Waals surface area contributed by atoms with Gasteiger partial charge < -0.3 is 20.3 Å². The highest BCUT2D eigenvalue weighted by Crippen LogP contribution is 2.11. The van der Waals surface area contributed by atoms with Gasteiger partial charge in [-0.3, -0.25) is 9.79 Å². The Balaban J connectivity index is 0.00000450. The zero-order chi connectivity index (χ0) is 21.1. The average molecular weight is 528 g/mol. The van der Waals surface area contributed by atoms with Gasteiger partial charge in [0, 0.05) is 39.8 Å². The number of rotatable bonds is 9. The Morgan fingerprint density at radius 3 is 2.47 bits per heavy atom. The Labute approximate surface area is 194 Å². The van der Waals surface area contributed by atoms with E-state index in [-0.39, 0.29) is 35.7 Å². The molecule has 0 aliphatic heterocycles. The second-order valence-corrected chi connectivity index (χ2v) is 6.73. The van der Waals surface area contributed by atoms with Crippen LogP contribution in [0, 0.1) is 5.82 Å². The zero-order valence-electron chi connectivity index (χ0n) is 17.7. The summed E-state index contributed by atoms with van der Waals surface area (Å²) in [6.45, 7) is 1.93. The van der Waals surface area contributed by atoms with Crippen molar-refractivity contribution in [2.75, 3.05) is 40.8 Å². The number of carbonyl (C=O) groups is 1. The van der Waals surface area contributed by atoms with E-state index in [9.17, 15) is 9.18 Å². The number of hydrogen-bond acceptors (Lipinski definition) is 3. The number of hydrogen-bond donors (Lipinski definition) is 2. The molecule has 2 N–H and O–H groups in total. The minimum atomic E-state index is -0.273. The molecule has 0 saturated carbocycles. The van der Waals surface area contributed by atoms with Crippen LogP contribution in [0.25, 0.3) is 0 Å². The molecular weight excluding hydrogens is 498 g/mol. The quantitative estimate of drug-likeness (QED) is 0.227. The third-order valence-corrected chi connectivity index (χ3v) is 4.21. The molecule has 0 unspecified atom stereocenters. The first-order valence-electron chi connectivity index (χ1n) is 9.63. The summed E-state index contributed by atoms with van der Waals surface area (Å²) < 4.78 is 18.4. The Hall–Kier alpha value is -2.36. The number of guanidine groups is 1. The number of carbonyl (C=O) groups excluding carboxylic acids is 1. The van der Waals surface area contributed by atoms with E-state index in [0.29, 0.717) is 37.0 Å². The van der Waals surface area contributed by atoms with Crippen LogP contribution in [0.2, 0.25) is 0 Å². The van der Waals surface area contributed by atoms with E-state index in [1.165, 1.54) is 12.1 Å². The van der Waals surface area contributed by atoms with Crippen LogP contribution < -0.4 is 15.4 Å². The maximum absolute atomic E-state index is 12.9. The summed E-state index contributed by atoms with van der Waals surface area (Å²) >= 11 is 0. The summed E-state index contributed by atoms with van der Waals surface area (Å²) in [5.74, 6) is 1.10. The Kier molecular flexibility index (Phi) is 11.8. The molecule has 8 heteroatoms. The smallest absolute Gasteiger partial charge is 0.253 e. The molecule has 2 rings (SSSR count). The maximum atomic E-state index is 12.9. The first-order chi connectivity index (χ1) is 14.0. The highest BCUT2D eigenvalue weighted by atomic mass is 127. The van der Waals surface area contributed by atoms with Crippen LogP contribution in [0.4, 0.5) is 4.39 Å². The number of amides is 1. The van der Waals surface area contributed by atoms with E-state index < -0.39 is 0 Å². The van der Waals surface area contributed by atoms with Crippen molar-refractivity contribution < 1.29 is 13.9 Å². The summed E-state index contributed by atoms with van der Waals surface area (Å²) in [5, 5.41) is 6.50. The van der Waals surface area contributed by atoms with Gasteiger partial charge in [0.25, 0.3) is 5.91 Å². The fourth-order valence-corrected chi connectivity index (χ4v) is 2.66. The van der Waals surface area contributed by atoms with E-state index in [1.54, 1.807) is 38.2 Å². The maximum Gasteiger partial charge on any atom is 0.253 e. The number of nitrogens with one attached hydrogen (secondary N) is 2. The highest BCUT2D eigenvalue weighted by Gasteiger charge is 2.08. The van der Waals surface area contributed by atoms with Crippen LogP contribution in [0.3, 0.4) is 0 Å². The summed E-state index contributed by atoms with van der Waals surface area (Å²) in [6.07, 6.45) is 1.57. The average Bonchev–Trinajstić information content (AvgIpc) is 2.73. The van der Waals surface area contributed by atoms with Crippen LogP contribution in [0.1, 0.15) is 22.3 Å². The van der Waals surface area contributed by atoms with Gasteiger partial charge in [-0.25, -0.2) is 4.39 Å². The third kappa shape index (κ3) is 8.98. The van der Waals surface area contributed by atoms with E-state index >= 15 is 0 Å². The normalized spacial score (nSPS) is 10.7. The van der Waals surface area contributed by atoms with Crippen molar-refractivity contribution in [3.05, 3.63) is 65.5 Å². The molecule has 0 saturated heterocycles. The summed E-state index contributed by atoms with van der Waals surface area (Å²) in [5.41, 5.74) is 1.78. The number of benzene rings is 2. The second-order valence-electron chi connectivity index (χ2n) is 6.73. The van der Waals surface area contributed by atoms with Crippen LogP contribution >= 0.6 is 24.0 Å². The van der Waals surface area contributed by atoms with E-state index in [2.05, 4.69) is 15.6 Å². The van der Waals surface area contributed by atoms with Crippen molar-refractivity contribution in [1.29, 1.82) is 0 Å². The molecule has 0 heterocycles. The minimum Gasteiger partial charge on any atom is -0.494 e. The SMILES string of the molecule is CN=C(NCCCOc1ccc(F)cc1)NCCc1cccc(C(=O)N(C)C)c1.I. The van der Waals surface area contributed by atoms with Gasteiger partial charge in [0.05, 0.1) is 6.61 Å². The molecule has 0 aliphatic carbocycles. The Bertz CT molecular complexity index is 813. The monoisotopic (exact) mass is 528 g/mol. The molecule has 0 radical (unpaired) electrons. The summed E-state index contributed by atoms with van der Waals surface area (Å²) in [7, 11) is 5.22. The van der Waals surface area contributed by atoms with Crippen LogP contribution in [0.5, 0.6) is 5.75 Å². The summed E-state index contributed by atoms with van der Waals surface area (Å²) in [4.78, 5) is 17.8. The van der Waals surface area contributed by atoms with Crippen molar-refractivity contribution in [1.82, 2.24) is 15.5 Å². The van der Waals surface area contributed by atoms with Crippen molar-refractivity contribution in [2.24, 2.45) is 4.99 Å². The predicted octanol–water partition coefficient (Wildman–Crippen LogP) is 3.32. The second kappa shape index (κ2) is 13.8. The van der Waals surface area contributed by atoms with Gasteiger partial charge in [-0.05, 0) is 54.8 Å². The fourth-order valence-electron chi connectivity index (χ4n) is 2.66. The van der Waals surface area contributed by atoms with E-state index in [1.807, 2.05) is 24.3 Å². The van der Waals surface area contributed by atoms with Crippen LogP contribution in [-0.2, 0) is 6.42 Å². The van der Waals surface area contributed by atoms with Gasteiger partial charge in [-0.15, -0.1) is 24.0 Å². The van der Waals surface area contributed by atoms with Crippen LogP contribution in [0.15, 0.2) is 53.5 Å². The van der Waals surface area contributed by atoms with Gasteiger partial charge >= 0.3 is 0 Å². The van der Waals surface area contributed by atoms with Gasteiger partial charge in [0.2, 0.25) is 0 Å². The van der Waals surface area contributed by atoms with Gasteiger partial charge in [-0.1, -0.05) is 12.1 Å². The van der Waals surface area contributed by atoms with Gasteiger partial charge in [-0.2, -0.15) is 0 Å². The number of halogens is 2. The minimum absolute atomic E-state index is 0. The lowest BCUT2D eigenvalue weighted by Crippen LogP contribution is -2.39. The molecule has 164 valence electrons. The standard InChI is InChI=1S/C22H29FN4O2.HI/c1-24-22(25-13-5-15-29-20-10-8-19(23)9-11-20)26-14-12-17-6-4-7-18(16-17)21(28)27(2)3;/h4,6-11,16H,5,12-15H2,1-3H3,(H2,24,25,26);1H. The Morgan fingerprint density at radius 2 is 1.80 bits per heavy atom. The molecule has 2 aromatic carbocycles. The third-order valence-electron chi connectivity index (χ3n) is 4.21. The fraction of sp³-hybridized carbons (Fsp3) is 0.364. The van der Waals surface area contributed by atoms with Crippen molar-refractivity contribution in [3.8, 4) is 5.75 Å². The van der Waals surface area contributed by atoms with E-state index in [4.69, 9.17) is 4.74 Å². The highest BCUT2D eigenvalue weighted by molar-refractivity contribution is 14.0. The molecule has 0 aromatic heterocycles. The lowest BCUT2D eigenvalue weighted by Gasteiger charge is -2.13. The molecule has 0 fully saturated rings. The number of aliphatic imine (C=N–C) groups is 1. The number of nitrogens with zero attached hydrogens (tertiary/aromatic N) is 2. The zero-order valence-corrected chi connectivity index (χ0v) is 20.0. The number of ether oxygens (including phenoxy) is 1. The van der Waals surface area contributed by atoms with Crippen molar-refractivity contribution in [2.45, 2.75) is 12.8 Å². The lowest BCUT2D eigenvalue weighted by atomic mass is 10.1. The molecule has 30 heavy (non-hydrogen) atoms. The van der Waals surface area contributed by atoms with Crippen LogP contribution in [-0.4, -0.2) is 57.6 Å². The van der Waals surface area contributed by atoms with Gasteiger partial charge in [0.1, 0.15) is 11.6 Å². The summed E-state index contributed by atoms with van der Waals surface area (Å²) in [6, 6.07) is 13.7. The van der Waals surface area contributed by atoms with E-state index in [0.717, 1.165) is 18.4 Å². The first kappa shape index (κ1) is 25.7. The topological polar surface area (TPSA) is 66.0 Å². The molecule has 0 atom stereocenters. The Morgan fingerprint density at radius 1 is 1.10 bits per heavy atom. The molecule has 0 bridgehead atoms. The molecule has 0 aliphatic rings.